The standard InChI is InChI=1S/C66H54N9.Ir/c1-43-14-8-15-44(2)61(43)73-40-58(70-64(73)54-22-11-20-52(35-54)38-67)29-26-49-32-50(27-30-59-41-74(62-45(3)16-9-17-46(62)4)65(71-59)55-23-12-21-53(36-55)39-68)34-51(33-49)28-31-60-42-75(63-47(5)18-10-19-48(63)6)66(72-60)56-24-13-25-57(37-56)69-7;/h8-21,25,32-37,40-42H,26-31H2,1-6H3;/q-3;+3. The van der Waals surface area contributed by atoms with E-state index >= 15 is 0 Å². The molecule has 76 heavy (non-hydrogen) atoms. The molecular formula is C66H54IrN9. The topological polar surface area (TPSA) is 105 Å². The smallest absolute Gasteiger partial charge is 0.339 e. The van der Waals surface area contributed by atoms with Gasteiger partial charge in [0.15, 0.2) is 0 Å². The van der Waals surface area contributed by atoms with Crippen molar-refractivity contribution in [2.45, 2.75) is 80.1 Å². The molecule has 0 spiro atoms. The molecule has 372 valence electrons. The molecule has 0 aliphatic carbocycles. The molecule has 0 aliphatic rings. The molecule has 0 amide bonds. The van der Waals surface area contributed by atoms with E-state index in [4.69, 9.17) is 21.5 Å². The summed E-state index contributed by atoms with van der Waals surface area (Å²) in [5, 5.41) is 19.6. The number of imidazole rings is 3. The van der Waals surface area contributed by atoms with Gasteiger partial charge in [-0.25, -0.2) is 0 Å². The van der Waals surface area contributed by atoms with Crippen LogP contribution in [0.2, 0.25) is 0 Å². The first-order valence-corrected chi connectivity index (χ1v) is 25.3. The summed E-state index contributed by atoms with van der Waals surface area (Å²) in [4.78, 5) is 19.5. The number of aryl methyl sites for hydroxylation is 12. The van der Waals surface area contributed by atoms with Crippen molar-refractivity contribution >= 4 is 5.69 Å². The van der Waals surface area contributed by atoms with Crippen LogP contribution in [0.5, 0.6) is 0 Å². The molecule has 0 bridgehead atoms. The van der Waals surface area contributed by atoms with Gasteiger partial charge in [-0.3, -0.25) is 19.8 Å². The quantitative estimate of drug-likeness (QED) is 0.0951. The maximum absolute atomic E-state index is 9.82. The normalized spacial score (nSPS) is 10.9. The fraction of sp³-hybridized carbons (Fsp3) is 0.182. The minimum atomic E-state index is 0. The summed E-state index contributed by atoms with van der Waals surface area (Å²) >= 11 is 0. The molecule has 0 unspecified atom stereocenters. The van der Waals surface area contributed by atoms with Crippen molar-refractivity contribution in [1.29, 1.82) is 10.5 Å². The van der Waals surface area contributed by atoms with Crippen molar-refractivity contribution in [1.82, 2.24) is 28.7 Å². The molecule has 0 saturated carbocycles. The molecule has 10 heteroatoms. The van der Waals surface area contributed by atoms with Gasteiger partial charge in [-0.2, -0.15) is 16.6 Å². The number of benzene rings is 7. The van der Waals surface area contributed by atoms with Crippen molar-refractivity contribution in [2.75, 3.05) is 0 Å². The Morgan fingerprint density at radius 1 is 0.447 bits per heavy atom. The minimum Gasteiger partial charge on any atom is -0.339 e. The average Bonchev–Trinajstić information content (AvgIpc) is 4.17. The molecule has 10 rings (SSSR count). The number of rotatable bonds is 15. The van der Waals surface area contributed by atoms with Crippen LogP contribution < -0.4 is 0 Å². The third-order valence-corrected chi connectivity index (χ3v) is 13.9. The number of aromatic nitrogens is 6. The summed E-state index contributed by atoms with van der Waals surface area (Å²) in [6, 6.07) is 56.9. The van der Waals surface area contributed by atoms with Crippen LogP contribution in [0.3, 0.4) is 0 Å². The largest absolute Gasteiger partial charge is 3.00 e. The second-order valence-electron chi connectivity index (χ2n) is 19.4. The molecule has 9 nitrogen and oxygen atoms in total. The van der Waals surface area contributed by atoms with Gasteiger partial charge in [0, 0.05) is 52.7 Å². The van der Waals surface area contributed by atoms with Crippen LogP contribution in [-0.4, -0.2) is 28.7 Å². The Balaban J connectivity index is 0.00000706. The van der Waals surface area contributed by atoms with Crippen LogP contribution in [0.4, 0.5) is 5.69 Å². The fourth-order valence-corrected chi connectivity index (χ4v) is 10.4. The number of para-hydroxylation sites is 3. The number of hydrogen-bond donors (Lipinski definition) is 0. The first-order chi connectivity index (χ1) is 36.5. The monoisotopic (exact) mass is 1170 g/mol. The molecular weight excluding hydrogens is 1110 g/mol. The van der Waals surface area contributed by atoms with Gasteiger partial charge in [-0.15, -0.1) is 83.4 Å². The summed E-state index contributed by atoms with van der Waals surface area (Å²) in [6.45, 7) is 20.4. The zero-order valence-electron chi connectivity index (χ0n) is 43.5. The van der Waals surface area contributed by atoms with Crippen molar-refractivity contribution in [3.8, 4) is 63.4 Å². The summed E-state index contributed by atoms with van der Waals surface area (Å²) in [5.41, 5.74) is 20.5. The number of hydrogen-bond acceptors (Lipinski definition) is 5. The van der Waals surface area contributed by atoms with Crippen molar-refractivity contribution in [3.05, 3.63) is 254 Å². The van der Waals surface area contributed by atoms with Crippen molar-refractivity contribution in [2.24, 2.45) is 0 Å². The van der Waals surface area contributed by atoms with Gasteiger partial charge in [0.1, 0.15) is 5.69 Å². The Hall–Kier alpha value is -8.71. The molecule has 0 fully saturated rings. The predicted octanol–water partition coefficient (Wildman–Crippen LogP) is 14.1. The van der Waals surface area contributed by atoms with Crippen LogP contribution >= 0.6 is 0 Å². The SMILES string of the molecule is [C-]#[N+]c1cc[c-]c(-c2nc(CCc3cc(CCc4cn(-c5c(C)cccc5C)c(-c5[c-]ccc(C#N)c5)n4)cc(CCc4cn(-c5c(C)cccc5C)c(-c5[c-]ccc(C#N)c5)n4)c3)cn2-c2c(C)cccc2C)c1.[Ir+3]. The van der Waals surface area contributed by atoms with E-state index in [-0.39, 0.29) is 20.1 Å². The number of nitrogens with zero attached hydrogens (tertiary/aromatic N) is 9. The molecule has 0 saturated heterocycles. The van der Waals surface area contributed by atoms with Gasteiger partial charge in [0.2, 0.25) is 0 Å². The van der Waals surface area contributed by atoms with Crippen LogP contribution in [0.1, 0.15) is 78.3 Å². The van der Waals surface area contributed by atoms with E-state index in [9.17, 15) is 10.5 Å². The maximum atomic E-state index is 9.82. The van der Waals surface area contributed by atoms with Gasteiger partial charge < -0.3 is 13.7 Å². The number of nitriles is 2. The van der Waals surface area contributed by atoms with Gasteiger partial charge in [0.25, 0.3) is 0 Å². The zero-order chi connectivity index (χ0) is 52.2. The molecule has 0 aliphatic heterocycles. The van der Waals surface area contributed by atoms with Gasteiger partial charge >= 0.3 is 20.1 Å². The summed E-state index contributed by atoms with van der Waals surface area (Å²) in [7, 11) is 0. The Kier molecular flexibility index (Phi) is 15.7. The van der Waals surface area contributed by atoms with Crippen LogP contribution in [-0.2, 0) is 58.6 Å². The molecule has 10 aromatic rings. The fourth-order valence-electron chi connectivity index (χ4n) is 10.4. The molecule has 0 radical (unpaired) electrons. The molecule has 3 heterocycles. The van der Waals surface area contributed by atoms with Crippen LogP contribution in [0.15, 0.2) is 146 Å². The second-order valence-corrected chi connectivity index (χ2v) is 19.4. The zero-order valence-corrected chi connectivity index (χ0v) is 45.9. The summed E-state index contributed by atoms with van der Waals surface area (Å²) < 4.78 is 6.49. The Morgan fingerprint density at radius 2 is 0.763 bits per heavy atom. The van der Waals surface area contributed by atoms with Crippen LogP contribution in [0.25, 0.3) is 56.1 Å². The molecule has 3 aromatic heterocycles. The average molecular weight is 1170 g/mol. The van der Waals surface area contributed by atoms with Crippen molar-refractivity contribution in [3.63, 3.8) is 0 Å². The molecule has 0 N–H and O–H groups in total. The third kappa shape index (κ3) is 11.0. The van der Waals surface area contributed by atoms with Crippen molar-refractivity contribution < 1.29 is 20.1 Å². The van der Waals surface area contributed by atoms with E-state index in [1.165, 1.54) is 16.7 Å². The Morgan fingerprint density at radius 3 is 1.08 bits per heavy atom. The summed E-state index contributed by atoms with van der Waals surface area (Å²) in [6.07, 6.45) is 10.8. The molecule has 7 aromatic carbocycles. The Bertz CT molecular complexity index is 3450. The van der Waals surface area contributed by atoms with E-state index < -0.39 is 0 Å². The predicted molar refractivity (Wildman–Crippen MR) is 296 cm³/mol. The first kappa shape index (κ1) is 52.2. The summed E-state index contributed by atoms with van der Waals surface area (Å²) in [5.74, 6) is 2.27. The first-order valence-electron chi connectivity index (χ1n) is 25.3. The third-order valence-electron chi connectivity index (χ3n) is 13.9. The van der Waals surface area contributed by atoms with Crippen LogP contribution in [0, 0.1) is 89.0 Å². The van der Waals surface area contributed by atoms with E-state index in [2.05, 4.69) is 182 Å². The van der Waals surface area contributed by atoms with Gasteiger partial charge in [0.05, 0.1) is 36.2 Å². The van der Waals surface area contributed by atoms with E-state index in [1.807, 2.05) is 18.2 Å². The van der Waals surface area contributed by atoms with Gasteiger partial charge in [-0.1, -0.05) is 72.8 Å². The minimum absolute atomic E-state index is 0. The van der Waals surface area contributed by atoms with E-state index in [1.54, 1.807) is 36.4 Å². The van der Waals surface area contributed by atoms with Gasteiger partial charge in [-0.05, 0) is 141 Å². The van der Waals surface area contributed by atoms with E-state index in [0.717, 1.165) is 121 Å². The molecule has 0 atom stereocenters. The van der Waals surface area contributed by atoms with E-state index in [0.29, 0.717) is 36.1 Å². The second kappa shape index (κ2) is 22.8. The Labute approximate surface area is 459 Å². The maximum Gasteiger partial charge on any atom is 3.00 e.